The third-order valence-electron chi connectivity index (χ3n) is 2.72. The van der Waals surface area contributed by atoms with Crippen molar-refractivity contribution >= 4 is 12.1 Å². The second-order valence-electron chi connectivity index (χ2n) is 3.59. The topological polar surface area (TPSA) is 34.1 Å². The summed E-state index contributed by atoms with van der Waals surface area (Å²) < 4.78 is 0. The smallest absolute Gasteiger partial charge is 0.170 e. The number of carbonyl (C=O) groups excluding carboxylic acids is 2. The minimum Gasteiger partial charge on any atom is -0.303 e. The van der Waals surface area contributed by atoms with Crippen LogP contribution >= 0.6 is 0 Å². The fraction of sp³-hybridized carbons (Fsp3) is 0.333. The van der Waals surface area contributed by atoms with Gasteiger partial charge in [0.15, 0.2) is 5.78 Å². The first kappa shape index (κ1) is 9.13. The van der Waals surface area contributed by atoms with Crippen LogP contribution in [-0.4, -0.2) is 12.1 Å². The predicted molar refractivity (Wildman–Crippen MR) is 53.5 cm³/mol. The van der Waals surface area contributed by atoms with E-state index in [1.807, 2.05) is 12.1 Å². The van der Waals surface area contributed by atoms with Gasteiger partial charge in [0.05, 0.1) is 6.42 Å². The van der Waals surface area contributed by atoms with Gasteiger partial charge in [0.1, 0.15) is 6.29 Å². The van der Waals surface area contributed by atoms with Gasteiger partial charge in [0, 0.05) is 5.56 Å². The molecule has 0 spiro atoms. The highest BCUT2D eigenvalue weighted by atomic mass is 16.1. The highest BCUT2D eigenvalue weighted by Gasteiger charge is 2.17. The Labute approximate surface area is 82.9 Å². The van der Waals surface area contributed by atoms with Crippen LogP contribution in [0.3, 0.4) is 0 Å². The second kappa shape index (κ2) is 3.74. The van der Waals surface area contributed by atoms with Crippen molar-refractivity contribution in [2.45, 2.75) is 25.7 Å². The molecule has 14 heavy (non-hydrogen) atoms. The Morgan fingerprint density at radius 1 is 1.36 bits per heavy atom. The number of benzene rings is 1. The number of ketones is 1. The van der Waals surface area contributed by atoms with E-state index in [1.54, 1.807) is 0 Å². The maximum Gasteiger partial charge on any atom is 0.170 e. The summed E-state index contributed by atoms with van der Waals surface area (Å²) in [6.45, 7) is 0. The van der Waals surface area contributed by atoms with E-state index in [2.05, 4.69) is 6.07 Å². The highest BCUT2D eigenvalue weighted by Crippen LogP contribution is 2.25. The van der Waals surface area contributed by atoms with E-state index < -0.39 is 0 Å². The quantitative estimate of drug-likeness (QED) is 0.412. The van der Waals surface area contributed by atoms with Crippen LogP contribution < -0.4 is 0 Å². The molecule has 0 amide bonds. The molecule has 0 fully saturated rings. The Bertz CT molecular complexity index is 380. The number of fused-ring (bicyclic) bond motifs is 1. The van der Waals surface area contributed by atoms with Gasteiger partial charge < -0.3 is 4.79 Å². The molecule has 2 nitrogen and oxygen atoms in total. The fourth-order valence-corrected chi connectivity index (χ4v) is 2.07. The maximum absolute atomic E-state index is 11.6. The number of Topliss-reactive ketones (excluding diaryl/α,β-unsaturated/α-hetero) is 1. The Morgan fingerprint density at radius 2 is 2.21 bits per heavy atom. The molecule has 0 unspecified atom stereocenters. The molecule has 2 heteroatoms. The number of hydrogen-bond acceptors (Lipinski definition) is 2. The first-order valence-corrected chi connectivity index (χ1v) is 4.90. The Hall–Kier alpha value is -1.44. The number of hydrogen-bond donors (Lipinski definition) is 0. The van der Waals surface area contributed by atoms with Gasteiger partial charge in [-0.1, -0.05) is 18.2 Å². The zero-order valence-corrected chi connectivity index (χ0v) is 7.95. The molecular weight excluding hydrogens is 176 g/mol. The molecule has 0 heterocycles. The van der Waals surface area contributed by atoms with Crippen molar-refractivity contribution < 1.29 is 9.59 Å². The third-order valence-corrected chi connectivity index (χ3v) is 2.72. The summed E-state index contributed by atoms with van der Waals surface area (Å²) in [4.78, 5) is 21.8. The molecule has 0 aromatic heterocycles. The van der Waals surface area contributed by atoms with Gasteiger partial charge in [-0.3, -0.25) is 4.79 Å². The summed E-state index contributed by atoms with van der Waals surface area (Å²) >= 11 is 0. The Kier molecular flexibility index (Phi) is 2.44. The van der Waals surface area contributed by atoms with Crippen LogP contribution in [0.2, 0.25) is 0 Å². The van der Waals surface area contributed by atoms with Gasteiger partial charge >= 0.3 is 0 Å². The molecule has 1 aliphatic carbocycles. The number of carbonyl (C=O) groups is 2. The van der Waals surface area contributed by atoms with Crippen molar-refractivity contribution in [1.82, 2.24) is 0 Å². The minimum absolute atomic E-state index is 0.0104. The van der Waals surface area contributed by atoms with Crippen molar-refractivity contribution in [2.24, 2.45) is 0 Å². The lowest BCUT2D eigenvalue weighted by molar-refractivity contribution is -0.107. The average Bonchev–Trinajstić information content (AvgIpc) is 2.65. The zero-order chi connectivity index (χ0) is 9.97. The second-order valence-corrected chi connectivity index (χ2v) is 3.59. The van der Waals surface area contributed by atoms with E-state index in [-0.39, 0.29) is 12.2 Å². The molecule has 1 aromatic rings. The van der Waals surface area contributed by atoms with Crippen LogP contribution in [0.1, 0.15) is 34.3 Å². The lowest BCUT2D eigenvalue weighted by Gasteiger charge is -2.04. The molecule has 0 atom stereocenters. The molecule has 72 valence electrons. The highest BCUT2D eigenvalue weighted by molar-refractivity contribution is 6.04. The molecule has 2 rings (SSSR count). The molecule has 0 aliphatic heterocycles. The van der Waals surface area contributed by atoms with Crippen LogP contribution in [0, 0.1) is 0 Å². The summed E-state index contributed by atoms with van der Waals surface area (Å²) in [5.41, 5.74) is 3.20. The summed E-state index contributed by atoms with van der Waals surface area (Å²) in [6.07, 6.45) is 3.86. The lowest BCUT2D eigenvalue weighted by atomic mass is 9.99. The average molecular weight is 188 g/mol. The predicted octanol–water partition coefficient (Wildman–Crippen LogP) is 1.95. The molecule has 0 saturated carbocycles. The molecule has 1 aliphatic rings. The largest absolute Gasteiger partial charge is 0.303 e. The van der Waals surface area contributed by atoms with Crippen molar-refractivity contribution in [3.05, 3.63) is 34.9 Å². The van der Waals surface area contributed by atoms with Crippen LogP contribution in [0.15, 0.2) is 18.2 Å². The zero-order valence-electron chi connectivity index (χ0n) is 7.95. The molecule has 0 radical (unpaired) electrons. The molecule has 1 aromatic carbocycles. The fourth-order valence-electron chi connectivity index (χ4n) is 2.07. The number of aryl methyl sites for hydroxylation is 1. The first-order chi connectivity index (χ1) is 6.83. The normalized spacial score (nSPS) is 13.7. The standard InChI is InChI=1S/C12H12O2/c13-8-7-12(14)11-6-2-4-9-3-1-5-10(9)11/h2,4,6,8H,1,3,5,7H2. The van der Waals surface area contributed by atoms with Gasteiger partial charge in [0.2, 0.25) is 0 Å². The first-order valence-electron chi connectivity index (χ1n) is 4.90. The van der Waals surface area contributed by atoms with E-state index in [0.29, 0.717) is 6.29 Å². The summed E-state index contributed by atoms with van der Waals surface area (Å²) in [5.74, 6) is -0.0428. The van der Waals surface area contributed by atoms with Gasteiger partial charge in [0.25, 0.3) is 0 Å². The molecule has 0 N–H and O–H groups in total. The third kappa shape index (κ3) is 1.48. The Morgan fingerprint density at radius 3 is 3.00 bits per heavy atom. The van der Waals surface area contributed by atoms with E-state index in [4.69, 9.17) is 0 Å². The van der Waals surface area contributed by atoms with Gasteiger partial charge in [-0.15, -0.1) is 0 Å². The molecule has 0 saturated heterocycles. The van der Waals surface area contributed by atoms with Crippen molar-refractivity contribution in [3.8, 4) is 0 Å². The lowest BCUT2D eigenvalue weighted by Crippen LogP contribution is -2.03. The van der Waals surface area contributed by atoms with E-state index in [9.17, 15) is 9.59 Å². The summed E-state index contributed by atoms with van der Waals surface area (Å²) in [5, 5.41) is 0. The van der Waals surface area contributed by atoms with Crippen molar-refractivity contribution in [2.75, 3.05) is 0 Å². The van der Waals surface area contributed by atoms with E-state index in [0.717, 1.165) is 24.8 Å². The minimum atomic E-state index is -0.0428. The van der Waals surface area contributed by atoms with Crippen LogP contribution in [-0.2, 0) is 17.6 Å². The SMILES string of the molecule is O=CCC(=O)c1cccc2c1CCC2. The summed E-state index contributed by atoms with van der Waals surface area (Å²) in [6, 6.07) is 5.80. The monoisotopic (exact) mass is 188 g/mol. The van der Waals surface area contributed by atoms with E-state index >= 15 is 0 Å². The van der Waals surface area contributed by atoms with Gasteiger partial charge in [-0.2, -0.15) is 0 Å². The number of aldehydes is 1. The number of rotatable bonds is 3. The summed E-state index contributed by atoms with van der Waals surface area (Å²) in [7, 11) is 0. The maximum atomic E-state index is 11.6. The van der Waals surface area contributed by atoms with E-state index in [1.165, 1.54) is 11.1 Å². The van der Waals surface area contributed by atoms with Gasteiger partial charge in [-0.25, -0.2) is 0 Å². The van der Waals surface area contributed by atoms with Crippen molar-refractivity contribution in [1.29, 1.82) is 0 Å². The molecular formula is C12H12O2. The Balaban J connectivity index is 2.39. The van der Waals surface area contributed by atoms with Crippen molar-refractivity contribution in [3.63, 3.8) is 0 Å². The van der Waals surface area contributed by atoms with Crippen LogP contribution in [0.5, 0.6) is 0 Å². The van der Waals surface area contributed by atoms with Crippen LogP contribution in [0.4, 0.5) is 0 Å². The van der Waals surface area contributed by atoms with Gasteiger partial charge in [-0.05, 0) is 30.4 Å². The van der Waals surface area contributed by atoms with Crippen LogP contribution in [0.25, 0.3) is 0 Å². The molecule has 0 bridgehead atoms.